The minimum atomic E-state index is -3.63. The molecule has 1 fully saturated rings. The van der Waals surface area contributed by atoms with Crippen molar-refractivity contribution in [1.82, 2.24) is 24.1 Å². The summed E-state index contributed by atoms with van der Waals surface area (Å²) in [6.45, 7) is 6.16. The molecule has 0 aliphatic carbocycles. The zero-order chi connectivity index (χ0) is 23.4. The molecule has 0 spiro atoms. The Morgan fingerprint density at radius 3 is 2.70 bits per heavy atom. The molecule has 3 aromatic rings. The summed E-state index contributed by atoms with van der Waals surface area (Å²) in [5, 5.41) is 6.87. The zero-order valence-corrected chi connectivity index (χ0v) is 19.7. The Kier molecular flexibility index (Phi) is 7.11. The van der Waals surface area contributed by atoms with Crippen LogP contribution in [-0.4, -0.2) is 64.7 Å². The maximum Gasteiger partial charge on any atom is 0.359 e. The number of fused-ring (bicyclic) bond motifs is 1. The first-order chi connectivity index (χ1) is 15.9. The smallest absolute Gasteiger partial charge is 0.359 e. The van der Waals surface area contributed by atoms with Crippen molar-refractivity contribution in [3.05, 3.63) is 41.5 Å². The Labute approximate surface area is 192 Å². The molecule has 2 aromatic heterocycles. The lowest BCUT2D eigenvalue weighted by Crippen LogP contribution is -2.40. The summed E-state index contributed by atoms with van der Waals surface area (Å²) in [5.41, 5.74) is 2.47. The molecular formula is C22H29N5O5S. The van der Waals surface area contributed by atoms with Crippen LogP contribution in [0.3, 0.4) is 0 Å². The maximum atomic E-state index is 13.0. The molecule has 3 heterocycles. The molecule has 0 amide bonds. The fourth-order valence-corrected chi connectivity index (χ4v) is 5.34. The number of morpholine rings is 1. The van der Waals surface area contributed by atoms with Crippen LogP contribution in [0.2, 0.25) is 0 Å². The van der Waals surface area contributed by atoms with E-state index < -0.39 is 16.0 Å². The van der Waals surface area contributed by atoms with Crippen molar-refractivity contribution in [3.8, 4) is 0 Å². The van der Waals surface area contributed by atoms with Crippen molar-refractivity contribution in [1.29, 1.82) is 0 Å². The Bertz CT molecular complexity index is 1230. The molecule has 11 heteroatoms. The van der Waals surface area contributed by atoms with Crippen molar-refractivity contribution in [2.75, 3.05) is 26.3 Å². The van der Waals surface area contributed by atoms with Crippen LogP contribution in [0.25, 0.3) is 11.0 Å². The van der Waals surface area contributed by atoms with Gasteiger partial charge in [-0.05, 0) is 37.1 Å². The summed E-state index contributed by atoms with van der Waals surface area (Å²) >= 11 is 0. The number of H-pyrrole nitrogens is 1. The fraction of sp³-hybridized carbons (Fsp3) is 0.500. The van der Waals surface area contributed by atoms with Crippen LogP contribution >= 0.6 is 0 Å². The predicted octanol–water partition coefficient (Wildman–Crippen LogP) is 2.50. The molecule has 0 radical (unpaired) electrons. The lowest BCUT2D eigenvalue weighted by molar-refractivity contribution is 0.0451. The van der Waals surface area contributed by atoms with E-state index in [1.807, 2.05) is 11.5 Å². The highest BCUT2D eigenvalue weighted by molar-refractivity contribution is 7.89. The number of ether oxygens (including phenoxy) is 2. The van der Waals surface area contributed by atoms with Crippen LogP contribution in [0.5, 0.6) is 0 Å². The molecule has 4 rings (SSSR count). The Morgan fingerprint density at radius 1 is 1.18 bits per heavy atom. The molecular weight excluding hydrogens is 446 g/mol. The summed E-state index contributed by atoms with van der Waals surface area (Å²) in [6, 6.07) is 6.66. The van der Waals surface area contributed by atoms with Gasteiger partial charge in [-0.2, -0.15) is 9.40 Å². The van der Waals surface area contributed by atoms with Crippen LogP contribution in [0.4, 0.5) is 0 Å². The molecule has 0 saturated carbocycles. The second-order valence-corrected chi connectivity index (χ2v) is 9.89. The van der Waals surface area contributed by atoms with Crippen LogP contribution < -0.4 is 0 Å². The second kappa shape index (κ2) is 10.0. The van der Waals surface area contributed by atoms with Gasteiger partial charge in [0, 0.05) is 25.3 Å². The second-order valence-electron chi connectivity index (χ2n) is 7.95. The zero-order valence-electron chi connectivity index (χ0n) is 18.9. The number of nitrogens with one attached hydrogen (secondary N) is 1. The average molecular weight is 476 g/mol. The van der Waals surface area contributed by atoms with Crippen LogP contribution in [-0.2, 0) is 39.1 Å². The van der Waals surface area contributed by atoms with Gasteiger partial charge < -0.3 is 14.0 Å². The van der Waals surface area contributed by atoms with Gasteiger partial charge in [0.2, 0.25) is 10.0 Å². The van der Waals surface area contributed by atoms with E-state index in [1.165, 1.54) is 4.31 Å². The number of hydrogen-bond acceptors (Lipinski definition) is 7. The number of aromatic nitrogens is 4. The van der Waals surface area contributed by atoms with Crippen molar-refractivity contribution in [2.45, 2.75) is 51.2 Å². The van der Waals surface area contributed by atoms with Gasteiger partial charge in [0.25, 0.3) is 0 Å². The van der Waals surface area contributed by atoms with Gasteiger partial charge in [-0.25, -0.2) is 18.2 Å². The van der Waals surface area contributed by atoms with Crippen molar-refractivity contribution >= 4 is 27.0 Å². The fourth-order valence-electron chi connectivity index (χ4n) is 3.91. The summed E-state index contributed by atoms with van der Waals surface area (Å²) in [4.78, 5) is 17.2. The van der Waals surface area contributed by atoms with Crippen LogP contribution in [0.15, 0.2) is 29.2 Å². The minimum absolute atomic E-state index is 0.0327. The Hall–Kier alpha value is -2.76. The van der Waals surface area contributed by atoms with Gasteiger partial charge in [-0.1, -0.05) is 20.3 Å². The number of aryl methyl sites for hydroxylation is 2. The van der Waals surface area contributed by atoms with E-state index in [4.69, 9.17) is 9.47 Å². The number of carbonyl (C=O) groups is 1. The monoisotopic (exact) mass is 475 g/mol. The van der Waals surface area contributed by atoms with E-state index in [-0.39, 0.29) is 17.2 Å². The number of nitrogens with zero attached hydrogens (tertiary/aromatic N) is 4. The maximum absolute atomic E-state index is 13.0. The number of esters is 1. The summed E-state index contributed by atoms with van der Waals surface area (Å²) in [6.07, 6.45) is 2.60. The van der Waals surface area contributed by atoms with Gasteiger partial charge in [0.1, 0.15) is 12.4 Å². The van der Waals surface area contributed by atoms with Gasteiger partial charge >= 0.3 is 5.97 Å². The Balaban J connectivity index is 1.57. The minimum Gasteiger partial charge on any atom is -0.453 e. The van der Waals surface area contributed by atoms with Gasteiger partial charge in [0.15, 0.2) is 5.69 Å². The molecule has 1 aliphatic rings. The lowest BCUT2D eigenvalue weighted by atomic mass is 10.2. The van der Waals surface area contributed by atoms with E-state index >= 15 is 0 Å². The molecule has 0 bridgehead atoms. The van der Waals surface area contributed by atoms with Gasteiger partial charge in [-0.15, -0.1) is 0 Å². The van der Waals surface area contributed by atoms with Crippen LogP contribution in [0, 0.1) is 0 Å². The number of hydrogen-bond donors (Lipinski definition) is 1. The molecule has 1 aliphatic heterocycles. The number of sulfonamides is 1. The highest BCUT2D eigenvalue weighted by Gasteiger charge is 2.27. The molecule has 0 atom stereocenters. The van der Waals surface area contributed by atoms with E-state index in [2.05, 4.69) is 22.1 Å². The topological polar surface area (TPSA) is 119 Å². The van der Waals surface area contributed by atoms with Crippen molar-refractivity contribution < 1.29 is 22.7 Å². The first-order valence-electron chi connectivity index (χ1n) is 11.2. The van der Waals surface area contributed by atoms with E-state index in [9.17, 15) is 13.2 Å². The molecule has 1 saturated heterocycles. The first kappa shape index (κ1) is 23.4. The average Bonchev–Trinajstić information content (AvgIpc) is 3.43. The van der Waals surface area contributed by atoms with E-state index in [0.29, 0.717) is 44.2 Å². The lowest BCUT2D eigenvalue weighted by Gasteiger charge is -2.26. The number of imidazole rings is 1. The summed E-state index contributed by atoms with van der Waals surface area (Å²) in [7, 11) is -3.63. The largest absolute Gasteiger partial charge is 0.453 e. The Morgan fingerprint density at radius 2 is 1.97 bits per heavy atom. The third-order valence-electron chi connectivity index (χ3n) is 5.55. The first-order valence-corrected chi connectivity index (χ1v) is 12.7. The van der Waals surface area contributed by atoms with E-state index in [0.717, 1.165) is 30.5 Å². The highest BCUT2D eigenvalue weighted by Crippen LogP contribution is 2.24. The third kappa shape index (κ3) is 4.94. The summed E-state index contributed by atoms with van der Waals surface area (Å²) < 4.78 is 40.2. The summed E-state index contributed by atoms with van der Waals surface area (Å²) in [5.74, 6) is 0.0322. The highest BCUT2D eigenvalue weighted by atomic mass is 32.2. The van der Waals surface area contributed by atoms with Crippen LogP contribution in [0.1, 0.15) is 48.7 Å². The quantitative estimate of drug-likeness (QED) is 0.472. The van der Waals surface area contributed by atoms with Crippen molar-refractivity contribution in [2.24, 2.45) is 0 Å². The number of aromatic amines is 1. The molecule has 1 N–H and O–H groups in total. The molecule has 10 nitrogen and oxygen atoms in total. The van der Waals surface area contributed by atoms with Gasteiger partial charge in [0.05, 0.1) is 29.1 Å². The third-order valence-corrected chi connectivity index (χ3v) is 7.44. The number of benzene rings is 1. The molecule has 0 unspecified atom stereocenters. The van der Waals surface area contributed by atoms with Crippen molar-refractivity contribution in [3.63, 3.8) is 0 Å². The number of rotatable bonds is 9. The molecule has 1 aromatic carbocycles. The molecule has 178 valence electrons. The van der Waals surface area contributed by atoms with E-state index in [1.54, 1.807) is 24.3 Å². The SMILES string of the molecule is CCCc1cc(C(=O)OCc2nc3cc(S(=O)(=O)N4CCOCC4)ccc3n2CCC)n[nH]1. The number of carbonyl (C=O) groups excluding carboxylic acids is 1. The molecule has 33 heavy (non-hydrogen) atoms. The normalized spacial score (nSPS) is 15.2. The predicted molar refractivity (Wildman–Crippen MR) is 121 cm³/mol. The standard InChI is InChI=1S/C22H29N5O5S/c1-3-5-16-13-19(25-24-16)22(28)32-15-21-23-18-14-17(6-7-20(18)27(21)8-4-2)33(29,30)26-9-11-31-12-10-26/h6-7,13-14H,3-5,8-12,15H2,1-2H3,(H,24,25). The van der Waals surface area contributed by atoms with Gasteiger partial charge in [-0.3, -0.25) is 5.10 Å².